The third-order valence-corrected chi connectivity index (χ3v) is 2.92. The van der Waals surface area contributed by atoms with Crippen molar-refractivity contribution in [1.29, 1.82) is 0 Å². The van der Waals surface area contributed by atoms with Gasteiger partial charge in [-0.1, -0.05) is 20.3 Å². The van der Waals surface area contributed by atoms with Crippen LogP contribution in [0, 0.1) is 0 Å². The molecule has 0 unspecified atom stereocenters. The number of hydrogen-bond acceptors (Lipinski definition) is 3. The number of nitrogens with zero attached hydrogens (tertiary/aromatic N) is 2. The molecule has 2 amide bonds. The van der Waals surface area contributed by atoms with Gasteiger partial charge in [0.15, 0.2) is 0 Å². The van der Waals surface area contributed by atoms with Crippen molar-refractivity contribution in [3.8, 4) is 0 Å². The Kier molecular flexibility index (Phi) is 5.80. The number of amides is 2. The first-order chi connectivity index (χ1) is 8.19. The number of carbonyl (C=O) groups excluding carboxylic acids is 2. The Balaban J connectivity index is 2.26. The molecule has 1 fully saturated rings. The minimum atomic E-state index is -0.248. The molecule has 1 aliphatic rings. The SMILES string of the molecule is CCCCOC(=O)N1CCN(C(=O)CC)CC1. The molecule has 1 saturated heterocycles. The molecule has 0 atom stereocenters. The van der Waals surface area contributed by atoms with Gasteiger partial charge in [0.05, 0.1) is 6.61 Å². The lowest BCUT2D eigenvalue weighted by atomic mass is 10.3. The van der Waals surface area contributed by atoms with Gasteiger partial charge in [-0.3, -0.25) is 4.79 Å². The molecule has 1 rings (SSSR count). The zero-order valence-corrected chi connectivity index (χ0v) is 10.8. The molecule has 0 aromatic rings. The van der Waals surface area contributed by atoms with Crippen molar-refractivity contribution >= 4 is 12.0 Å². The van der Waals surface area contributed by atoms with Crippen LogP contribution in [-0.4, -0.2) is 54.6 Å². The fraction of sp³-hybridized carbons (Fsp3) is 0.833. The molecule has 5 heteroatoms. The molecule has 5 nitrogen and oxygen atoms in total. The molecular weight excluding hydrogens is 220 g/mol. The van der Waals surface area contributed by atoms with Gasteiger partial charge in [-0.2, -0.15) is 0 Å². The fourth-order valence-electron chi connectivity index (χ4n) is 1.76. The van der Waals surface area contributed by atoms with Crippen LogP contribution in [-0.2, 0) is 9.53 Å². The molecule has 0 aromatic heterocycles. The lowest BCUT2D eigenvalue weighted by Gasteiger charge is -2.34. The predicted octanol–water partition coefficient (Wildman–Crippen LogP) is 1.48. The third-order valence-electron chi connectivity index (χ3n) is 2.92. The smallest absolute Gasteiger partial charge is 0.409 e. The standard InChI is InChI=1S/C12H22N2O3/c1-3-5-10-17-12(16)14-8-6-13(7-9-14)11(15)4-2/h3-10H2,1-2H3. The summed E-state index contributed by atoms with van der Waals surface area (Å²) in [7, 11) is 0. The highest BCUT2D eigenvalue weighted by Crippen LogP contribution is 2.05. The molecule has 1 aliphatic heterocycles. The van der Waals surface area contributed by atoms with E-state index in [9.17, 15) is 9.59 Å². The average molecular weight is 242 g/mol. The second-order valence-corrected chi connectivity index (χ2v) is 4.19. The van der Waals surface area contributed by atoms with Crippen molar-refractivity contribution in [2.75, 3.05) is 32.8 Å². The van der Waals surface area contributed by atoms with Gasteiger partial charge in [0, 0.05) is 32.6 Å². The molecule has 0 aromatic carbocycles. The van der Waals surface area contributed by atoms with Crippen LogP contribution in [0.2, 0.25) is 0 Å². The first-order valence-corrected chi connectivity index (χ1v) is 6.38. The Bertz CT molecular complexity index is 260. The second-order valence-electron chi connectivity index (χ2n) is 4.19. The second kappa shape index (κ2) is 7.14. The van der Waals surface area contributed by atoms with Crippen LogP contribution in [0.5, 0.6) is 0 Å². The lowest BCUT2D eigenvalue weighted by Crippen LogP contribution is -2.50. The van der Waals surface area contributed by atoms with E-state index in [2.05, 4.69) is 6.92 Å². The number of rotatable bonds is 4. The molecular formula is C12H22N2O3. The van der Waals surface area contributed by atoms with E-state index in [4.69, 9.17) is 4.74 Å². The van der Waals surface area contributed by atoms with E-state index in [-0.39, 0.29) is 12.0 Å². The summed E-state index contributed by atoms with van der Waals surface area (Å²) < 4.78 is 5.13. The molecule has 98 valence electrons. The predicted molar refractivity (Wildman–Crippen MR) is 64.7 cm³/mol. The van der Waals surface area contributed by atoms with Crippen molar-refractivity contribution in [2.24, 2.45) is 0 Å². The number of ether oxygens (including phenoxy) is 1. The Morgan fingerprint density at radius 1 is 1.06 bits per heavy atom. The topological polar surface area (TPSA) is 49.9 Å². The van der Waals surface area contributed by atoms with Crippen LogP contribution in [0.25, 0.3) is 0 Å². The first kappa shape index (κ1) is 13.8. The molecule has 0 saturated carbocycles. The van der Waals surface area contributed by atoms with Crippen LogP contribution in [0.15, 0.2) is 0 Å². The molecule has 17 heavy (non-hydrogen) atoms. The Hall–Kier alpha value is -1.26. The minimum Gasteiger partial charge on any atom is -0.449 e. The molecule has 0 N–H and O–H groups in total. The normalized spacial score (nSPS) is 15.9. The minimum absolute atomic E-state index is 0.156. The van der Waals surface area contributed by atoms with Crippen LogP contribution in [0.3, 0.4) is 0 Å². The Morgan fingerprint density at radius 3 is 2.18 bits per heavy atom. The van der Waals surface area contributed by atoms with Crippen molar-refractivity contribution in [2.45, 2.75) is 33.1 Å². The van der Waals surface area contributed by atoms with Crippen LogP contribution >= 0.6 is 0 Å². The quantitative estimate of drug-likeness (QED) is 0.702. The van der Waals surface area contributed by atoms with Crippen molar-refractivity contribution in [3.63, 3.8) is 0 Å². The van der Waals surface area contributed by atoms with E-state index >= 15 is 0 Å². The van der Waals surface area contributed by atoms with Gasteiger partial charge in [-0.05, 0) is 6.42 Å². The van der Waals surface area contributed by atoms with Crippen LogP contribution < -0.4 is 0 Å². The summed E-state index contributed by atoms with van der Waals surface area (Å²) in [6, 6.07) is 0. The highest BCUT2D eigenvalue weighted by atomic mass is 16.6. The Labute approximate surface area is 103 Å². The maximum absolute atomic E-state index is 11.6. The lowest BCUT2D eigenvalue weighted by molar-refractivity contribution is -0.132. The maximum Gasteiger partial charge on any atom is 0.409 e. The summed E-state index contributed by atoms with van der Waals surface area (Å²) in [5, 5.41) is 0. The van der Waals surface area contributed by atoms with Gasteiger partial charge in [0.25, 0.3) is 0 Å². The molecule has 0 spiro atoms. The number of hydrogen-bond donors (Lipinski definition) is 0. The van der Waals surface area contributed by atoms with Gasteiger partial charge >= 0.3 is 6.09 Å². The fourth-order valence-corrected chi connectivity index (χ4v) is 1.76. The average Bonchev–Trinajstić information content (AvgIpc) is 2.38. The first-order valence-electron chi connectivity index (χ1n) is 6.38. The van der Waals surface area contributed by atoms with E-state index in [1.54, 1.807) is 9.80 Å². The summed E-state index contributed by atoms with van der Waals surface area (Å²) in [6.07, 6.45) is 2.20. The van der Waals surface area contributed by atoms with Crippen molar-refractivity contribution in [3.05, 3.63) is 0 Å². The van der Waals surface area contributed by atoms with Gasteiger partial charge in [-0.25, -0.2) is 4.79 Å². The highest BCUT2D eigenvalue weighted by molar-refractivity contribution is 5.76. The van der Waals surface area contributed by atoms with Crippen molar-refractivity contribution in [1.82, 2.24) is 9.80 Å². The van der Waals surface area contributed by atoms with Gasteiger partial charge in [0.1, 0.15) is 0 Å². The maximum atomic E-state index is 11.6. The molecule has 1 heterocycles. The zero-order chi connectivity index (χ0) is 12.7. The summed E-state index contributed by atoms with van der Waals surface area (Å²) in [4.78, 5) is 26.5. The zero-order valence-electron chi connectivity index (χ0n) is 10.8. The van der Waals surface area contributed by atoms with Gasteiger partial charge in [0.2, 0.25) is 5.91 Å². The van der Waals surface area contributed by atoms with Crippen molar-refractivity contribution < 1.29 is 14.3 Å². The van der Waals surface area contributed by atoms with Gasteiger partial charge in [-0.15, -0.1) is 0 Å². The van der Waals surface area contributed by atoms with Gasteiger partial charge < -0.3 is 14.5 Å². The molecule has 0 bridgehead atoms. The molecule has 0 radical (unpaired) electrons. The van der Waals surface area contributed by atoms with E-state index in [0.29, 0.717) is 39.2 Å². The highest BCUT2D eigenvalue weighted by Gasteiger charge is 2.23. The number of carbonyl (C=O) groups is 2. The van der Waals surface area contributed by atoms with E-state index in [0.717, 1.165) is 12.8 Å². The number of piperazine rings is 1. The summed E-state index contributed by atoms with van der Waals surface area (Å²) in [6.45, 7) is 6.80. The van der Waals surface area contributed by atoms with Crippen LogP contribution in [0.4, 0.5) is 4.79 Å². The largest absolute Gasteiger partial charge is 0.449 e. The summed E-state index contributed by atoms with van der Waals surface area (Å²) >= 11 is 0. The number of unbranched alkanes of at least 4 members (excludes halogenated alkanes) is 1. The van der Waals surface area contributed by atoms with E-state index in [1.165, 1.54) is 0 Å². The van der Waals surface area contributed by atoms with E-state index in [1.807, 2.05) is 6.92 Å². The summed E-state index contributed by atoms with van der Waals surface area (Å²) in [5.74, 6) is 0.156. The van der Waals surface area contributed by atoms with E-state index < -0.39 is 0 Å². The third kappa shape index (κ3) is 4.24. The monoisotopic (exact) mass is 242 g/mol. The summed E-state index contributed by atoms with van der Waals surface area (Å²) in [5.41, 5.74) is 0. The Morgan fingerprint density at radius 2 is 1.65 bits per heavy atom. The van der Waals surface area contributed by atoms with Crippen LogP contribution in [0.1, 0.15) is 33.1 Å². The molecule has 0 aliphatic carbocycles.